The Morgan fingerprint density at radius 1 is 1.26 bits per heavy atom. The molecule has 0 bridgehead atoms. The van der Waals surface area contributed by atoms with Crippen molar-refractivity contribution in [2.45, 2.75) is 58.0 Å². The Morgan fingerprint density at radius 3 is 2.69 bits per heavy atom. The average molecular weight is 474 g/mol. The van der Waals surface area contributed by atoms with Gasteiger partial charge in [0.2, 0.25) is 0 Å². The van der Waals surface area contributed by atoms with E-state index in [9.17, 15) is 14.3 Å². The van der Waals surface area contributed by atoms with Gasteiger partial charge in [-0.1, -0.05) is 43.2 Å². The number of primary amides is 1. The minimum absolute atomic E-state index is 0.205. The second kappa shape index (κ2) is 8.76. The van der Waals surface area contributed by atoms with Crippen molar-refractivity contribution in [3.8, 4) is 5.69 Å². The Balaban J connectivity index is 0.000000153. The van der Waals surface area contributed by atoms with Crippen molar-refractivity contribution in [1.82, 2.24) is 9.78 Å². The molecule has 6 rings (SSSR count). The maximum atomic E-state index is 13.1. The molecule has 5 nitrogen and oxygen atoms in total. The molecule has 182 valence electrons. The molecule has 6 heteroatoms. The predicted octanol–water partition coefficient (Wildman–Crippen LogP) is 5.08. The lowest BCUT2D eigenvalue weighted by molar-refractivity contribution is -0.135. The van der Waals surface area contributed by atoms with Crippen LogP contribution in [0.2, 0.25) is 0 Å². The van der Waals surface area contributed by atoms with E-state index in [1.165, 1.54) is 49.6 Å². The van der Waals surface area contributed by atoms with Crippen molar-refractivity contribution in [3.63, 3.8) is 0 Å². The summed E-state index contributed by atoms with van der Waals surface area (Å²) in [5.74, 6) is 0.00539. The highest BCUT2D eigenvalue weighted by Crippen LogP contribution is 2.69. The molecule has 2 aromatic carbocycles. The molecule has 1 aromatic heterocycles. The first-order chi connectivity index (χ1) is 16.8. The van der Waals surface area contributed by atoms with E-state index in [4.69, 9.17) is 5.73 Å². The molecule has 2 saturated carbocycles. The number of nitrogens with zero attached hydrogens (tertiary/aromatic N) is 2. The van der Waals surface area contributed by atoms with Gasteiger partial charge < -0.3 is 10.8 Å². The summed E-state index contributed by atoms with van der Waals surface area (Å²) in [6.07, 6.45) is 11.3. The molecule has 3 N–H and O–H groups in total. The Bertz CT molecular complexity index is 1290. The number of nitrogens with two attached hydrogens (primary N) is 1. The highest BCUT2D eigenvalue weighted by Gasteiger charge is 2.60. The summed E-state index contributed by atoms with van der Waals surface area (Å²) in [5.41, 5.74) is 10.8. The van der Waals surface area contributed by atoms with Crippen molar-refractivity contribution >= 4 is 12.0 Å². The van der Waals surface area contributed by atoms with Gasteiger partial charge in [0, 0.05) is 0 Å². The summed E-state index contributed by atoms with van der Waals surface area (Å²) in [5, 5.41) is 14.5. The second-order valence-corrected chi connectivity index (χ2v) is 10.2. The molecule has 3 aliphatic carbocycles. The molecular weight excluding hydrogens is 441 g/mol. The molecule has 3 atom stereocenters. The largest absolute Gasteiger partial charge is 0.376 e. The number of rotatable bonds is 5. The van der Waals surface area contributed by atoms with Gasteiger partial charge in [-0.25, -0.2) is 9.07 Å². The van der Waals surface area contributed by atoms with Gasteiger partial charge in [-0.3, -0.25) is 4.79 Å². The summed E-state index contributed by atoms with van der Waals surface area (Å²) in [6, 6.07) is 13.9. The Labute approximate surface area is 205 Å². The standard InChI is InChI=1S/C17H15FN2.C12H17NO2/c18-14-3-5-15(6-4-14)20-16-7-12-1-2-13-9-17(12,13)8-11(16)10-19-20;1-3-6-9-7-4-5-8-10(9)12(2,15)11(13)14/h3-7,10,13H,1-2,8-9H2;4-5,7-8,15H,3,6H2,1-2H3,(H2,13,14). The molecule has 3 unspecified atom stereocenters. The van der Waals surface area contributed by atoms with Gasteiger partial charge in [0.15, 0.2) is 5.60 Å². The van der Waals surface area contributed by atoms with Crippen LogP contribution in [0.15, 0.2) is 60.3 Å². The summed E-state index contributed by atoms with van der Waals surface area (Å²) in [7, 11) is 0. The quantitative estimate of drug-likeness (QED) is 0.542. The van der Waals surface area contributed by atoms with Crippen LogP contribution >= 0.6 is 0 Å². The number of hydrogen-bond donors (Lipinski definition) is 2. The zero-order valence-corrected chi connectivity index (χ0v) is 20.3. The maximum Gasteiger partial charge on any atom is 0.253 e. The number of aliphatic hydroxyl groups is 1. The van der Waals surface area contributed by atoms with Gasteiger partial charge >= 0.3 is 0 Å². The summed E-state index contributed by atoms with van der Waals surface area (Å²) < 4.78 is 15.0. The normalized spacial score (nSPS) is 23.1. The fourth-order valence-corrected chi connectivity index (χ4v) is 5.87. The van der Waals surface area contributed by atoms with Crippen LogP contribution in [0, 0.1) is 17.2 Å². The van der Waals surface area contributed by atoms with Crippen LogP contribution in [0.3, 0.4) is 0 Å². The van der Waals surface area contributed by atoms with Gasteiger partial charge in [-0.15, -0.1) is 0 Å². The molecule has 35 heavy (non-hydrogen) atoms. The fraction of sp³-hybridized carbons (Fsp3) is 0.379. The van der Waals surface area contributed by atoms with Gasteiger partial charge in [0.25, 0.3) is 5.91 Å². The van der Waals surface area contributed by atoms with E-state index in [-0.39, 0.29) is 5.82 Å². The molecule has 1 amide bonds. The minimum Gasteiger partial charge on any atom is -0.376 e. The number of carbonyl (C=O) groups excluding carboxylic acids is 1. The lowest BCUT2D eigenvalue weighted by Crippen LogP contribution is -2.38. The molecule has 1 spiro atoms. The fourth-order valence-electron chi connectivity index (χ4n) is 5.87. The molecule has 3 aliphatic rings. The third-order valence-corrected chi connectivity index (χ3v) is 7.95. The van der Waals surface area contributed by atoms with E-state index < -0.39 is 11.5 Å². The number of carbonyl (C=O) groups is 1. The Morgan fingerprint density at radius 2 is 2.00 bits per heavy atom. The topological polar surface area (TPSA) is 81.1 Å². The molecular formula is C29H32FN3O2. The monoisotopic (exact) mass is 473 g/mol. The molecule has 3 aromatic rings. The lowest BCUT2D eigenvalue weighted by Gasteiger charge is -2.22. The predicted molar refractivity (Wildman–Crippen MR) is 134 cm³/mol. The number of allylic oxidation sites excluding steroid dienone is 1. The smallest absolute Gasteiger partial charge is 0.253 e. The number of aryl methyl sites for hydroxylation is 1. The van der Waals surface area contributed by atoms with E-state index in [0.717, 1.165) is 36.4 Å². The van der Waals surface area contributed by atoms with E-state index in [1.807, 2.05) is 23.0 Å². The summed E-state index contributed by atoms with van der Waals surface area (Å²) in [6.45, 7) is 3.49. The average Bonchev–Trinajstić information content (AvgIpc) is 3.19. The molecule has 1 heterocycles. The van der Waals surface area contributed by atoms with Gasteiger partial charge in [0.1, 0.15) is 5.82 Å². The van der Waals surface area contributed by atoms with Crippen LogP contribution in [0.4, 0.5) is 4.39 Å². The van der Waals surface area contributed by atoms with E-state index in [0.29, 0.717) is 11.0 Å². The Hall–Kier alpha value is -3.25. The van der Waals surface area contributed by atoms with E-state index >= 15 is 0 Å². The maximum absolute atomic E-state index is 13.1. The number of aromatic nitrogens is 2. The number of hydrogen-bond acceptors (Lipinski definition) is 3. The van der Waals surface area contributed by atoms with Gasteiger partial charge in [-0.2, -0.15) is 5.10 Å². The summed E-state index contributed by atoms with van der Waals surface area (Å²) in [4.78, 5) is 11.2. The van der Waals surface area contributed by atoms with Crippen molar-refractivity contribution in [2.24, 2.45) is 17.1 Å². The zero-order valence-electron chi connectivity index (χ0n) is 20.3. The van der Waals surface area contributed by atoms with Crippen LogP contribution in [0.1, 0.15) is 61.9 Å². The third-order valence-electron chi connectivity index (χ3n) is 7.95. The van der Waals surface area contributed by atoms with Crippen LogP contribution < -0.4 is 5.73 Å². The van der Waals surface area contributed by atoms with E-state index in [2.05, 4.69) is 18.1 Å². The molecule has 0 saturated heterocycles. The van der Waals surface area contributed by atoms with Crippen LogP contribution in [0.25, 0.3) is 11.8 Å². The van der Waals surface area contributed by atoms with Crippen LogP contribution in [-0.2, 0) is 23.2 Å². The number of halogens is 1. The van der Waals surface area contributed by atoms with Crippen molar-refractivity contribution in [2.75, 3.05) is 0 Å². The van der Waals surface area contributed by atoms with Gasteiger partial charge in [-0.05, 0) is 97.4 Å². The molecule has 0 radical (unpaired) electrons. The van der Waals surface area contributed by atoms with Crippen LogP contribution in [0.5, 0.6) is 0 Å². The van der Waals surface area contributed by atoms with Gasteiger partial charge in [0.05, 0.1) is 17.6 Å². The van der Waals surface area contributed by atoms with Crippen molar-refractivity contribution in [3.05, 3.63) is 88.5 Å². The second-order valence-electron chi connectivity index (χ2n) is 10.2. The van der Waals surface area contributed by atoms with Crippen molar-refractivity contribution < 1.29 is 14.3 Å². The van der Waals surface area contributed by atoms with Crippen molar-refractivity contribution in [1.29, 1.82) is 0 Å². The van der Waals surface area contributed by atoms with E-state index in [1.54, 1.807) is 29.8 Å². The third kappa shape index (κ3) is 4.10. The number of amides is 1. The highest BCUT2D eigenvalue weighted by atomic mass is 19.1. The number of benzene rings is 2. The minimum atomic E-state index is -1.58. The molecule has 2 fully saturated rings. The zero-order chi connectivity index (χ0) is 24.8. The first kappa shape index (κ1) is 23.5. The SMILES string of the molecule is CCCc1ccccc1C(C)(O)C(N)=O.Fc1ccc(-n2ncc3c2C=C2CCC4CC24C3)cc1. The molecule has 0 aliphatic heterocycles. The number of fused-ring (bicyclic) bond motifs is 1. The first-order valence-corrected chi connectivity index (χ1v) is 12.4. The Kier molecular flexibility index (Phi) is 5.88. The van der Waals surface area contributed by atoms with Crippen LogP contribution in [-0.4, -0.2) is 20.8 Å². The highest BCUT2D eigenvalue weighted by molar-refractivity contribution is 5.84. The lowest BCUT2D eigenvalue weighted by atomic mass is 9.84. The first-order valence-electron chi connectivity index (χ1n) is 12.4. The summed E-state index contributed by atoms with van der Waals surface area (Å²) >= 11 is 0.